The van der Waals surface area contributed by atoms with Gasteiger partial charge >= 0.3 is 0 Å². The lowest BCUT2D eigenvalue weighted by molar-refractivity contribution is -0.300. The van der Waals surface area contributed by atoms with Gasteiger partial charge < -0.3 is 14.2 Å². The lowest BCUT2D eigenvalue weighted by Crippen LogP contribution is -2.54. The normalized spacial score (nSPS) is 39.8. The van der Waals surface area contributed by atoms with E-state index < -0.39 is 0 Å². The first-order chi connectivity index (χ1) is 10.2. The first kappa shape index (κ1) is 15.3. The minimum Gasteiger partial charge on any atom is -0.359 e. The number of rotatable bonds is 3. The van der Waals surface area contributed by atoms with Gasteiger partial charge in [-0.3, -0.25) is 0 Å². The van der Waals surface area contributed by atoms with Gasteiger partial charge in [0.05, 0.1) is 12.7 Å². The van der Waals surface area contributed by atoms with Gasteiger partial charge in [0.25, 0.3) is 0 Å². The van der Waals surface area contributed by atoms with Crippen molar-refractivity contribution < 1.29 is 14.2 Å². The molecule has 2 aliphatic heterocycles. The Morgan fingerprint density at radius 3 is 2.57 bits per heavy atom. The predicted molar refractivity (Wildman–Crippen MR) is 85.1 cm³/mol. The molecule has 6 atom stereocenters. The van der Waals surface area contributed by atoms with Gasteiger partial charge in [0.15, 0.2) is 6.29 Å². The van der Waals surface area contributed by atoms with Crippen LogP contribution in [0, 0.1) is 11.8 Å². The molecule has 0 saturated carbocycles. The summed E-state index contributed by atoms with van der Waals surface area (Å²) in [5.74, 6) is 2.04. The van der Waals surface area contributed by atoms with Gasteiger partial charge in [-0.1, -0.05) is 51.1 Å². The highest BCUT2D eigenvalue weighted by Crippen LogP contribution is 2.41. The van der Waals surface area contributed by atoms with Crippen LogP contribution in [0.1, 0.15) is 32.6 Å². The highest BCUT2D eigenvalue weighted by Gasteiger charge is 2.46. The molecule has 0 N–H and O–H groups in total. The highest BCUT2D eigenvalue weighted by atomic mass is 32.2. The standard InChI is InChI=1S/C17H24O3S/c1-4-21-17-12(3)11(2)15-14(19-17)10-18-16(20-15)13-8-6-5-7-9-13/h5-9,11-12,14-17H,4,10H2,1-3H3/t11-,12?,14?,15+,16?,17-/m1/s1. The van der Waals surface area contributed by atoms with Gasteiger partial charge in [0, 0.05) is 5.56 Å². The fraction of sp³-hybridized carbons (Fsp3) is 0.647. The van der Waals surface area contributed by atoms with Gasteiger partial charge in [0.1, 0.15) is 11.5 Å². The first-order valence-corrected chi connectivity index (χ1v) is 8.84. The molecule has 116 valence electrons. The third kappa shape index (κ3) is 3.14. The van der Waals surface area contributed by atoms with Crippen LogP contribution < -0.4 is 0 Å². The zero-order chi connectivity index (χ0) is 14.8. The molecule has 0 aliphatic carbocycles. The second-order valence-corrected chi connectivity index (χ2v) is 7.27. The average Bonchev–Trinajstić information content (AvgIpc) is 2.53. The number of hydrogen-bond donors (Lipinski definition) is 0. The van der Waals surface area contributed by atoms with Crippen LogP contribution in [0.15, 0.2) is 30.3 Å². The van der Waals surface area contributed by atoms with E-state index in [4.69, 9.17) is 14.2 Å². The summed E-state index contributed by atoms with van der Waals surface area (Å²) in [6.45, 7) is 7.34. The summed E-state index contributed by atoms with van der Waals surface area (Å²) in [6, 6.07) is 10.2. The van der Waals surface area contributed by atoms with E-state index in [0.717, 1.165) is 11.3 Å². The summed E-state index contributed by atoms with van der Waals surface area (Å²) >= 11 is 1.88. The number of hydrogen-bond acceptors (Lipinski definition) is 4. The van der Waals surface area contributed by atoms with E-state index in [9.17, 15) is 0 Å². The Balaban J connectivity index is 1.71. The molecule has 2 saturated heterocycles. The summed E-state index contributed by atoms with van der Waals surface area (Å²) in [7, 11) is 0. The lowest BCUT2D eigenvalue weighted by Gasteiger charge is -2.48. The zero-order valence-electron chi connectivity index (χ0n) is 12.9. The Hall–Kier alpha value is -0.550. The Bertz CT molecular complexity index is 451. The molecule has 1 aromatic carbocycles. The quantitative estimate of drug-likeness (QED) is 0.847. The van der Waals surface area contributed by atoms with Crippen molar-refractivity contribution in [1.29, 1.82) is 0 Å². The molecule has 0 aromatic heterocycles. The molecule has 21 heavy (non-hydrogen) atoms. The highest BCUT2D eigenvalue weighted by molar-refractivity contribution is 7.99. The van der Waals surface area contributed by atoms with Crippen LogP contribution in [0.3, 0.4) is 0 Å². The molecule has 0 bridgehead atoms. The van der Waals surface area contributed by atoms with Crippen molar-refractivity contribution in [3.63, 3.8) is 0 Å². The van der Waals surface area contributed by atoms with E-state index in [1.165, 1.54) is 0 Å². The van der Waals surface area contributed by atoms with Crippen molar-refractivity contribution in [3.8, 4) is 0 Å². The van der Waals surface area contributed by atoms with Crippen molar-refractivity contribution in [2.24, 2.45) is 11.8 Å². The molecule has 3 unspecified atom stereocenters. The summed E-state index contributed by atoms with van der Waals surface area (Å²) in [5.41, 5.74) is 1.34. The largest absolute Gasteiger partial charge is 0.359 e. The number of ether oxygens (including phenoxy) is 3. The van der Waals surface area contributed by atoms with Gasteiger partial charge in [-0.05, 0) is 17.6 Å². The monoisotopic (exact) mass is 308 g/mol. The lowest BCUT2D eigenvalue weighted by atomic mass is 9.85. The van der Waals surface area contributed by atoms with E-state index in [0.29, 0.717) is 18.4 Å². The van der Waals surface area contributed by atoms with Crippen LogP contribution in [0.4, 0.5) is 0 Å². The van der Waals surface area contributed by atoms with E-state index in [1.54, 1.807) is 0 Å². The van der Waals surface area contributed by atoms with Crippen molar-refractivity contribution in [3.05, 3.63) is 35.9 Å². The van der Waals surface area contributed by atoms with Crippen LogP contribution >= 0.6 is 11.8 Å². The van der Waals surface area contributed by atoms with Gasteiger partial charge in [-0.2, -0.15) is 0 Å². The molecular formula is C17H24O3S. The molecule has 0 spiro atoms. The van der Waals surface area contributed by atoms with Gasteiger partial charge in [0.2, 0.25) is 0 Å². The Morgan fingerprint density at radius 1 is 1.10 bits per heavy atom. The second kappa shape index (κ2) is 6.69. The summed E-state index contributed by atoms with van der Waals surface area (Å²) in [6.07, 6.45) is -0.0889. The average molecular weight is 308 g/mol. The molecule has 0 amide bonds. The van der Waals surface area contributed by atoms with Crippen LogP contribution in [-0.4, -0.2) is 30.0 Å². The smallest absolute Gasteiger partial charge is 0.184 e. The van der Waals surface area contributed by atoms with Crippen molar-refractivity contribution >= 4 is 11.8 Å². The molecule has 0 radical (unpaired) electrons. The molecule has 3 rings (SSSR count). The Kier molecular flexibility index (Phi) is 4.89. The van der Waals surface area contributed by atoms with Crippen LogP contribution in [0.2, 0.25) is 0 Å². The molecule has 3 nitrogen and oxygen atoms in total. The number of thioether (sulfide) groups is 1. The third-order valence-electron chi connectivity index (χ3n) is 4.55. The molecule has 1 aromatic rings. The predicted octanol–water partition coefficient (Wildman–Crippen LogP) is 3.85. The maximum absolute atomic E-state index is 6.23. The Morgan fingerprint density at radius 2 is 1.86 bits per heavy atom. The fourth-order valence-corrected chi connectivity index (χ4v) is 4.21. The van der Waals surface area contributed by atoms with Gasteiger partial charge in [-0.15, -0.1) is 11.8 Å². The molecule has 2 aliphatic rings. The van der Waals surface area contributed by atoms with E-state index in [2.05, 4.69) is 32.9 Å². The summed E-state index contributed by atoms with van der Waals surface area (Å²) < 4.78 is 18.3. The summed E-state index contributed by atoms with van der Waals surface area (Å²) in [5, 5.41) is 0. The van der Waals surface area contributed by atoms with Crippen molar-refractivity contribution in [2.75, 3.05) is 12.4 Å². The minimum atomic E-state index is -0.263. The zero-order valence-corrected chi connectivity index (χ0v) is 13.7. The minimum absolute atomic E-state index is 0.0558. The van der Waals surface area contributed by atoms with Crippen molar-refractivity contribution in [2.45, 2.75) is 44.7 Å². The molecule has 2 fully saturated rings. The first-order valence-electron chi connectivity index (χ1n) is 7.79. The van der Waals surface area contributed by atoms with Crippen LogP contribution in [0.25, 0.3) is 0 Å². The molecule has 4 heteroatoms. The van der Waals surface area contributed by atoms with Crippen LogP contribution in [0.5, 0.6) is 0 Å². The third-order valence-corrected chi connectivity index (χ3v) is 5.75. The topological polar surface area (TPSA) is 27.7 Å². The number of benzene rings is 1. The Labute approximate surface area is 131 Å². The molecular weight excluding hydrogens is 284 g/mol. The second-order valence-electron chi connectivity index (χ2n) is 5.89. The van der Waals surface area contributed by atoms with E-state index in [-0.39, 0.29) is 23.9 Å². The summed E-state index contributed by atoms with van der Waals surface area (Å²) in [4.78, 5) is 0. The van der Waals surface area contributed by atoms with Crippen LogP contribution in [-0.2, 0) is 14.2 Å². The fourth-order valence-electron chi connectivity index (χ4n) is 3.11. The van der Waals surface area contributed by atoms with Gasteiger partial charge in [-0.25, -0.2) is 0 Å². The number of fused-ring (bicyclic) bond motifs is 1. The SMILES string of the molecule is CCS[C@H]1OC2COC(c3ccccc3)O[C@H]2[C@H](C)C1C. The molecule has 2 heterocycles. The maximum Gasteiger partial charge on any atom is 0.184 e. The van der Waals surface area contributed by atoms with E-state index >= 15 is 0 Å². The van der Waals surface area contributed by atoms with Crippen molar-refractivity contribution in [1.82, 2.24) is 0 Å². The van der Waals surface area contributed by atoms with E-state index in [1.807, 2.05) is 30.0 Å². The maximum atomic E-state index is 6.23.